The summed E-state index contributed by atoms with van der Waals surface area (Å²) >= 11 is 0. The molecule has 0 radical (unpaired) electrons. The van der Waals surface area contributed by atoms with Gasteiger partial charge in [0.25, 0.3) is 0 Å². The van der Waals surface area contributed by atoms with Gasteiger partial charge in [0, 0.05) is 11.3 Å². The molecule has 86 valence electrons. The summed E-state index contributed by atoms with van der Waals surface area (Å²) < 4.78 is 5.16. The molecule has 0 aliphatic heterocycles. The van der Waals surface area contributed by atoms with E-state index in [1.54, 1.807) is 0 Å². The molecule has 3 nitrogen and oxygen atoms in total. The van der Waals surface area contributed by atoms with Gasteiger partial charge in [-0.15, -0.1) is 0 Å². The van der Waals surface area contributed by atoms with E-state index in [0.29, 0.717) is 7.48 Å². The molecule has 1 aromatic rings. The Hall–Kier alpha value is -0.865. The Balaban J connectivity index is 1.92. The molecule has 0 unspecified atom stereocenters. The van der Waals surface area contributed by atoms with Gasteiger partial charge >= 0.3 is 7.48 Å². The molecular formula is C12H19BN2O. The average Bonchev–Trinajstić information content (AvgIpc) is 2.80. The Morgan fingerprint density at radius 1 is 1.38 bits per heavy atom. The number of hydrogen-bond acceptors (Lipinski definition) is 3. The maximum Gasteiger partial charge on any atom is 0.329 e. The maximum atomic E-state index is 5.30. The summed E-state index contributed by atoms with van der Waals surface area (Å²) in [7, 11) is 0.523. The van der Waals surface area contributed by atoms with Crippen LogP contribution in [0, 0.1) is 5.92 Å². The first-order chi connectivity index (χ1) is 7.88. The third kappa shape index (κ3) is 3.32. The van der Waals surface area contributed by atoms with Crippen LogP contribution in [-0.4, -0.2) is 19.2 Å². The highest BCUT2D eigenvalue weighted by atomic mass is 16.4. The Labute approximate surface area is 97.7 Å². The number of rotatable bonds is 5. The molecule has 1 aliphatic rings. The number of nitrogens with two attached hydrogens (primary N) is 1. The van der Waals surface area contributed by atoms with Crippen molar-refractivity contribution in [1.82, 2.24) is 4.98 Å². The lowest BCUT2D eigenvalue weighted by Crippen LogP contribution is -2.24. The first-order valence-corrected chi connectivity index (χ1v) is 6.11. The fourth-order valence-electron chi connectivity index (χ4n) is 2.40. The molecular weight excluding hydrogens is 199 g/mol. The van der Waals surface area contributed by atoms with Crippen molar-refractivity contribution in [2.45, 2.75) is 32.1 Å². The Bertz CT molecular complexity index is 327. The van der Waals surface area contributed by atoms with E-state index in [1.165, 1.54) is 31.4 Å². The minimum Gasteiger partial charge on any atom is -0.421 e. The summed E-state index contributed by atoms with van der Waals surface area (Å²) in [6.45, 7) is 0.258. The van der Waals surface area contributed by atoms with Gasteiger partial charge in [0.15, 0.2) is 0 Å². The van der Waals surface area contributed by atoms with Crippen LogP contribution in [0.25, 0.3) is 0 Å². The first kappa shape index (κ1) is 11.6. The van der Waals surface area contributed by atoms with Crippen LogP contribution < -0.4 is 11.3 Å². The minimum atomic E-state index is 0.258. The first-order valence-electron chi connectivity index (χ1n) is 6.11. The molecule has 0 amide bonds. The van der Waals surface area contributed by atoms with Gasteiger partial charge in [-0.3, -0.25) is 4.98 Å². The highest BCUT2D eigenvalue weighted by Crippen LogP contribution is 2.27. The molecule has 1 aromatic heterocycles. The molecule has 0 bridgehead atoms. The van der Waals surface area contributed by atoms with Crippen LogP contribution in [0.4, 0.5) is 0 Å². The van der Waals surface area contributed by atoms with E-state index in [4.69, 9.17) is 10.4 Å². The van der Waals surface area contributed by atoms with Crippen LogP contribution >= 0.6 is 0 Å². The Morgan fingerprint density at radius 3 is 2.94 bits per heavy atom. The predicted molar refractivity (Wildman–Crippen MR) is 66.8 cm³/mol. The van der Waals surface area contributed by atoms with Gasteiger partial charge < -0.3 is 10.4 Å². The monoisotopic (exact) mass is 218 g/mol. The van der Waals surface area contributed by atoms with Crippen molar-refractivity contribution in [2.24, 2.45) is 11.7 Å². The summed E-state index contributed by atoms with van der Waals surface area (Å²) in [6, 6.07) is 6.17. The lowest BCUT2D eigenvalue weighted by molar-refractivity contribution is 0.355. The van der Waals surface area contributed by atoms with E-state index in [9.17, 15) is 0 Å². The largest absolute Gasteiger partial charge is 0.421 e. The second-order valence-electron chi connectivity index (χ2n) is 4.49. The van der Waals surface area contributed by atoms with Crippen LogP contribution in [0.15, 0.2) is 18.2 Å². The van der Waals surface area contributed by atoms with Crippen molar-refractivity contribution >= 4 is 13.1 Å². The molecule has 0 atom stereocenters. The van der Waals surface area contributed by atoms with Crippen LogP contribution in [0.5, 0.6) is 0 Å². The van der Waals surface area contributed by atoms with Crippen LogP contribution in [0.1, 0.15) is 31.4 Å². The zero-order valence-corrected chi connectivity index (χ0v) is 9.69. The normalized spacial score (nSPS) is 16.6. The zero-order valence-electron chi connectivity index (χ0n) is 9.69. The molecule has 1 heterocycles. The van der Waals surface area contributed by atoms with E-state index in [2.05, 4.69) is 17.1 Å². The molecule has 1 aliphatic carbocycles. The second kappa shape index (κ2) is 6.02. The van der Waals surface area contributed by atoms with Crippen molar-refractivity contribution in [3.05, 3.63) is 23.9 Å². The van der Waals surface area contributed by atoms with Crippen LogP contribution in [0.3, 0.4) is 0 Å². The lowest BCUT2D eigenvalue weighted by atomic mass is 9.93. The summed E-state index contributed by atoms with van der Waals surface area (Å²) in [5.74, 6) is 0.846. The SMILES string of the molecule is NCOBc1cccc(CC2CCCC2)n1. The molecule has 4 heteroatoms. The third-order valence-corrected chi connectivity index (χ3v) is 3.20. The van der Waals surface area contributed by atoms with Crippen molar-refractivity contribution in [1.29, 1.82) is 0 Å². The second-order valence-corrected chi connectivity index (χ2v) is 4.49. The highest BCUT2D eigenvalue weighted by molar-refractivity contribution is 6.45. The van der Waals surface area contributed by atoms with Crippen LogP contribution in [-0.2, 0) is 11.1 Å². The van der Waals surface area contributed by atoms with E-state index in [-0.39, 0.29) is 6.73 Å². The van der Waals surface area contributed by atoms with Gasteiger partial charge in [0.05, 0.1) is 6.73 Å². The van der Waals surface area contributed by atoms with Gasteiger partial charge in [-0.05, 0) is 24.5 Å². The minimum absolute atomic E-state index is 0.258. The molecule has 1 saturated carbocycles. The fourth-order valence-corrected chi connectivity index (χ4v) is 2.40. The number of pyridine rings is 1. The van der Waals surface area contributed by atoms with E-state index in [0.717, 1.165) is 17.9 Å². The fraction of sp³-hybridized carbons (Fsp3) is 0.583. The van der Waals surface area contributed by atoms with Crippen molar-refractivity contribution in [3.63, 3.8) is 0 Å². The molecule has 2 N–H and O–H groups in total. The Morgan fingerprint density at radius 2 is 2.19 bits per heavy atom. The molecule has 16 heavy (non-hydrogen) atoms. The quantitative estimate of drug-likeness (QED) is 0.585. The summed E-state index contributed by atoms with van der Waals surface area (Å²) in [4.78, 5) is 4.59. The van der Waals surface area contributed by atoms with Crippen LogP contribution in [0.2, 0.25) is 0 Å². The summed E-state index contributed by atoms with van der Waals surface area (Å²) in [5.41, 5.74) is 7.48. The third-order valence-electron chi connectivity index (χ3n) is 3.20. The van der Waals surface area contributed by atoms with E-state index >= 15 is 0 Å². The molecule has 2 rings (SSSR count). The molecule has 0 aromatic carbocycles. The van der Waals surface area contributed by atoms with E-state index in [1.807, 2.05) is 6.07 Å². The number of nitrogens with zero attached hydrogens (tertiary/aromatic N) is 1. The highest BCUT2D eigenvalue weighted by Gasteiger charge is 2.16. The predicted octanol–water partition coefficient (Wildman–Crippen LogP) is 0.724. The maximum absolute atomic E-state index is 5.30. The summed E-state index contributed by atoms with van der Waals surface area (Å²) in [5, 5.41) is 0. The van der Waals surface area contributed by atoms with Crippen molar-refractivity contribution in [3.8, 4) is 0 Å². The van der Waals surface area contributed by atoms with Gasteiger partial charge in [-0.1, -0.05) is 31.7 Å². The number of hydrogen-bond donors (Lipinski definition) is 1. The molecule has 0 spiro atoms. The van der Waals surface area contributed by atoms with E-state index < -0.39 is 0 Å². The van der Waals surface area contributed by atoms with Crippen molar-refractivity contribution < 1.29 is 4.65 Å². The number of aromatic nitrogens is 1. The molecule has 1 fully saturated rings. The Kier molecular flexibility index (Phi) is 4.37. The van der Waals surface area contributed by atoms with Gasteiger partial charge in [-0.2, -0.15) is 0 Å². The van der Waals surface area contributed by atoms with Gasteiger partial charge in [-0.25, -0.2) is 0 Å². The topological polar surface area (TPSA) is 48.1 Å². The summed E-state index contributed by atoms with van der Waals surface area (Å²) in [6.07, 6.45) is 6.63. The van der Waals surface area contributed by atoms with Gasteiger partial charge in [0.2, 0.25) is 0 Å². The van der Waals surface area contributed by atoms with Gasteiger partial charge in [0.1, 0.15) is 0 Å². The molecule has 0 saturated heterocycles. The lowest BCUT2D eigenvalue weighted by Gasteiger charge is -2.09. The van der Waals surface area contributed by atoms with Crippen molar-refractivity contribution in [2.75, 3.05) is 6.73 Å². The standard InChI is InChI=1S/C12H19BN2O/c14-9-16-13-12-7-3-6-11(15-12)8-10-4-1-2-5-10/h3,6-7,10,13H,1-2,4-5,8-9,14H2. The average molecular weight is 218 g/mol. The zero-order chi connectivity index (χ0) is 11.2. The smallest absolute Gasteiger partial charge is 0.329 e.